The van der Waals surface area contributed by atoms with E-state index in [4.69, 9.17) is 0 Å². The maximum absolute atomic E-state index is 12.3. The van der Waals surface area contributed by atoms with Crippen molar-refractivity contribution in [3.05, 3.63) is 35.4 Å². The molecular formula is C20H28N4OS2. The zero-order valence-electron chi connectivity index (χ0n) is 16.3. The molecule has 5 nitrogen and oxygen atoms in total. The van der Waals surface area contributed by atoms with Crippen LogP contribution in [0.2, 0.25) is 0 Å². The topological polar surface area (TPSA) is 58.1 Å². The highest BCUT2D eigenvalue weighted by molar-refractivity contribution is 8.01. The highest BCUT2D eigenvalue weighted by atomic mass is 32.2. The quantitative estimate of drug-likeness (QED) is 0.665. The molecule has 1 saturated heterocycles. The summed E-state index contributed by atoms with van der Waals surface area (Å²) in [5, 5.41) is 12.5. The van der Waals surface area contributed by atoms with Gasteiger partial charge in [0.2, 0.25) is 11.0 Å². The van der Waals surface area contributed by atoms with E-state index >= 15 is 0 Å². The van der Waals surface area contributed by atoms with Crippen LogP contribution in [0.25, 0.3) is 0 Å². The van der Waals surface area contributed by atoms with Gasteiger partial charge < -0.3 is 10.2 Å². The van der Waals surface area contributed by atoms with Crippen LogP contribution in [0.4, 0.5) is 5.13 Å². The van der Waals surface area contributed by atoms with Crippen molar-refractivity contribution in [3.8, 4) is 0 Å². The highest BCUT2D eigenvalue weighted by Crippen LogP contribution is 2.29. The SMILES string of the molecule is CC(C)Cc1ccc(C(C)NC(=O)CSc2nnc(N3CCCC3)s2)cc1. The molecule has 0 spiro atoms. The fourth-order valence-corrected chi connectivity index (χ4v) is 4.91. The Hall–Kier alpha value is -1.60. The summed E-state index contributed by atoms with van der Waals surface area (Å²) in [6.45, 7) is 8.60. The van der Waals surface area contributed by atoms with Gasteiger partial charge in [0, 0.05) is 13.1 Å². The van der Waals surface area contributed by atoms with Gasteiger partial charge in [-0.2, -0.15) is 0 Å². The second-order valence-electron chi connectivity index (χ2n) is 7.46. The number of hydrogen-bond acceptors (Lipinski definition) is 6. The zero-order valence-corrected chi connectivity index (χ0v) is 17.9. The van der Waals surface area contributed by atoms with Crippen LogP contribution in [0.15, 0.2) is 28.6 Å². The first-order valence-electron chi connectivity index (χ1n) is 9.60. The number of benzene rings is 1. The molecule has 7 heteroatoms. The lowest BCUT2D eigenvalue weighted by molar-refractivity contribution is -0.119. The highest BCUT2D eigenvalue weighted by Gasteiger charge is 2.17. The molecule has 1 atom stereocenters. The number of anilines is 1. The summed E-state index contributed by atoms with van der Waals surface area (Å²) in [7, 11) is 0. The lowest BCUT2D eigenvalue weighted by Crippen LogP contribution is -2.28. The van der Waals surface area contributed by atoms with Crippen molar-refractivity contribution in [2.24, 2.45) is 5.92 Å². The molecule has 2 aromatic rings. The van der Waals surface area contributed by atoms with E-state index in [9.17, 15) is 4.79 Å². The number of hydrogen-bond donors (Lipinski definition) is 1. The molecule has 1 aromatic carbocycles. The van der Waals surface area contributed by atoms with Gasteiger partial charge >= 0.3 is 0 Å². The van der Waals surface area contributed by atoms with Crippen molar-refractivity contribution in [2.75, 3.05) is 23.7 Å². The van der Waals surface area contributed by atoms with E-state index in [0.29, 0.717) is 11.7 Å². The molecule has 0 radical (unpaired) electrons. The Kier molecular flexibility index (Phi) is 7.13. The first kappa shape index (κ1) is 20.1. The van der Waals surface area contributed by atoms with Gasteiger partial charge in [-0.1, -0.05) is 61.2 Å². The Labute approximate surface area is 170 Å². The van der Waals surface area contributed by atoms with E-state index in [1.807, 2.05) is 6.92 Å². The van der Waals surface area contributed by atoms with Crippen molar-refractivity contribution in [3.63, 3.8) is 0 Å². The van der Waals surface area contributed by atoms with E-state index in [2.05, 4.69) is 58.5 Å². The van der Waals surface area contributed by atoms with Gasteiger partial charge in [-0.05, 0) is 43.2 Å². The van der Waals surface area contributed by atoms with Crippen LogP contribution in [-0.4, -0.2) is 34.9 Å². The molecular weight excluding hydrogens is 376 g/mol. The maximum atomic E-state index is 12.3. The van der Waals surface area contributed by atoms with Gasteiger partial charge in [-0.25, -0.2) is 0 Å². The minimum Gasteiger partial charge on any atom is -0.349 e. The second kappa shape index (κ2) is 9.55. The third kappa shape index (κ3) is 5.94. The van der Waals surface area contributed by atoms with E-state index in [0.717, 1.165) is 34.5 Å². The second-order valence-corrected chi connectivity index (χ2v) is 9.64. The van der Waals surface area contributed by atoms with Crippen LogP contribution >= 0.6 is 23.1 Å². The number of aromatic nitrogens is 2. The minimum atomic E-state index is 0.000723. The molecule has 2 heterocycles. The standard InChI is InChI=1S/C20H28N4OS2/c1-14(2)12-16-6-8-17(9-7-16)15(3)21-18(25)13-26-20-23-22-19(27-20)24-10-4-5-11-24/h6-9,14-15H,4-5,10-13H2,1-3H3,(H,21,25). The molecule has 1 aliphatic heterocycles. The molecule has 1 fully saturated rings. The van der Waals surface area contributed by atoms with Crippen molar-refractivity contribution in [1.82, 2.24) is 15.5 Å². The van der Waals surface area contributed by atoms with Gasteiger partial charge in [-0.15, -0.1) is 10.2 Å². The summed E-state index contributed by atoms with van der Waals surface area (Å²) in [6, 6.07) is 8.55. The number of carbonyl (C=O) groups excluding carboxylic acids is 1. The Morgan fingerprint density at radius 2 is 1.89 bits per heavy atom. The molecule has 0 aliphatic carbocycles. The van der Waals surface area contributed by atoms with E-state index in [1.54, 1.807) is 11.3 Å². The number of amides is 1. The third-order valence-electron chi connectivity index (χ3n) is 4.60. The lowest BCUT2D eigenvalue weighted by Gasteiger charge is -2.15. The van der Waals surface area contributed by atoms with Crippen LogP contribution < -0.4 is 10.2 Å². The number of nitrogens with zero attached hydrogens (tertiary/aromatic N) is 3. The molecule has 1 aromatic heterocycles. The van der Waals surface area contributed by atoms with Crippen LogP contribution in [0.1, 0.15) is 50.8 Å². The molecule has 27 heavy (non-hydrogen) atoms. The van der Waals surface area contributed by atoms with Crippen LogP contribution in [0, 0.1) is 5.92 Å². The largest absolute Gasteiger partial charge is 0.349 e. The first-order valence-corrected chi connectivity index (χ1v) is 11.4. The Morgan fingerprint density at radius 3 is 2.56 bits per heavy atom. The smallest absolute Gasteiger partial charge is 0.230 e. The third-order valence-corrected chi connectivity index (χ3v) is 6.72. The summed E-state index contributed by atoms with van der Waals surface area (Å²) >= 11 is 3.04. The predicted octanol–water partition coefficient (Wildman–Crippen LogP) is 4.31. The van der Waals surface area contributed by atoms with E-state index in [1.165, 1.54) is 30.2 Å². The molecule has 1 aliphatic rings. The predicted molar refractivity (Wildman–Crippen MR) is 114 cm³/mol. The summed E-state index contributed by atoms with van der Waals surface area (Å²) < 4.78 is 0.859. The van der Waals surface area contributed by atoms with Gasteiger partial charge in [0.15, 0.2) is 4.34 Å². The number of thioether (sulfide) groups is 1. The average molecular weight is 405 g/mol. The molecule has 3 rings (SSSR count). The van der Waals surface area contributed by atoms with Crippen LogP contribution in [0.5, 0.6) is 0 Å². The van der Waals surface area contributed by atoms with Gasteiger partial charge in [0.1, 0.15) is 0 Å². The van der Waals surface area contributed by atoms with Gasteiger partial charge in [0.05, 0.1) is 11.8 Å². The Morgan fingerprint density at radius 1 is 1.19 bits per heavy atom. The number of nitrogens with one attached hydrogen (secondary N) is 1. The van der Waals surface area contributed by atoms with E-state index < -0.39 is 0 Å². The normalized spacial score (nSPS) is 15.3. The fourth-order valence-electron chi connectivity index (χ4n) is 3.20. The van der Waals surface area contributed by atoms with Crippen LogP contribution in [0.3, 0.4) is 0 Å². The number of carbonyl (C=O) groups is 1. The first-order chi connectivity index (χ1) is 13.0. The van der Waals surface area contributed by atoms with E-state index in [-0.39, 0.29) is 11.9 Å². The molecule has 1 unspecified atom stereocenters. The summed E-state index contributed by atoms with van der Waals surface area (Å²) in [6.07, 6.45) is 3.53. The van der Waals surface area contributed by atoms with Crippen molar-refractivity contribution in [1.29, 1.82) is 0 Å². The molecule has 1 N–H and O–H groups in total. The van der Waals surface area contributed by atoms with Gasteiger partial charge in [-0.3, -0.25) is 4.79 Å². The minimum absolute atomic E-state index is 0.000723. The van der Waals surface area contributed by atoms with Gasteiger partial charge in [0.25, 0.3) is 0 Å². The van der Waals surface area contributed by atoms with Crippen molar-refractivity contribution < 1.29 is 4.79 Å². The van der Waals surface area contributed by atoms with Crippen molar-refractivity contribution in [2.45, 2.75) is 50.4 Å². The lowest BCUT2D eigenvalue weighted by atomic mass is 10.00. The monoisotopic (exact) mass is 404 g/mol. The molecule has 146 valence electrons. The summed E-state index contributed by atoms with van der Waals surface area (Å²) in [5.74, 6) is 1.04. The molecule has 0 bridgehead atoms. The molecule has 1 amide bonds. The fraction of sp³-hybridized carbons (Fsp3) is 0.550. The summed E-state index contributed by atoms with van der Waals surface area (Å²) in [5.41, 5.74) is 2.47. The number of rotatable bonds is 8. The Balaban J connectivity index is 1.45. The van der Waals surface area contributed by atoms with Crippen molar-refractivity contribution >= 4 is 34.1 Å². The zero-order chi connectivity index (χ0) is 19.2. The maximum Gasteiger partial charge on any atom is 0.230 e. The average Bonchev–Trinajstić information content (AvgIpc) is 3.31. The Bertz CT molecular complexity index is 739. The summed E-state index contributed by atoms with van der Waals surface area (Å²) in [4.78, 5) is 14.6. The molecule has 0 saturated carbocycles. The van der Waals surface area contributed by atoms with Crippen LogP contribution in [-0.2, 0) is 11.2 Å².